The maximum atomic E-state index is 13.3. The number of carbonyl (C=O) groups excluding carboxylic acids is 1. The van der Waals surface area contributed by atoms with E-state index in [4.69, 9.17) is 0 Å². The molecule has 0 fully saturated rings. The van der Waals surface area contributed by atoms with E-state index in [2.05, 4.69) is 31.4 Å². The predicted octanol–water partition coefficient (Wildman–Crippen LogP) is 3.01. The van der Waals surface area contributed by atoms with Crippen LogP contribution < -0.4 is 10.6 Å². The van der Waals surface area contributed by atoms with Crippen LogP contribution in [0.25, 0.3) is 0 Å². The zero-order chi connectivity index (χ0) is 22.4. The molecule has 0 saturated heterocycles. The van der Waals surface area contributed by atoms with Gasteiger partial charge in [-0.1, -0.05) is 75.4 Å². The molecule has 1 amide bonds. The highest BCUT2D eigenvalue weighted by atomic mass is 16.3. The fourth-order valence-corrected chi connectivity index (χ4v) is 4.23. The molecule has 1 aliphatic rings. The summed E-state index contributed by atoms with van der Waals surface area (Å²) in [5.74, 6) is -0.506. The Morgan fingerprint density at radius 2 is 1.77 bits per heavy atom. The van der Waals surface area contributed by atoms with Gasteiger partial charge in [-0.15, -0.1) is 0 Å². The van der Waals surface area contributed by atoms with Crippen molar-refractivity contribution in [3.05, 3.63) is 71.3 Å². The minimum absolute atomic E-state index is 0.125. The second-order valence-corrected chi connectivity index (χ2v) is 9.92. The Bertz CT molecular complexity index is 847. The van der Waals surface area contributed by atoms with Crippen LogP contribution in [0.1, 0.15) is 49.9 Å². The van der Waals surface area contributed by atoms with Crippen LogP contribution in [0.15, 0.2) is 54.6 Å². The van der Waals surface area contributed by atoms with Gasteiger partial charge in [0, 0.05) is 25.4 Å². The van der Waals surface area contributed by atoms with Gasteiger partial charge in [0.1, 0.15) is 0 Å². The fourth-order valence-electron chi connectivity index (χ4n) is 4.23. The van der Waals surface area contributed by atoms with Crippen LogP contribution in [0.2, 0.25) is 0 Å². The van der Waals surface area contributed by atoms with Gasteiger partial charge in [-0.2, -0.15) is 0 Å². The smallest absolute Gasteiger partial charge is 0.224 e. The minimum Gasteiger partial charge on any atom is -0.392 e. The molecule has 0 radical (unpaired) electrons. The second-order valence-electron chi connectivity index (χ2n) is 9.92. The van der Waals surface area contributed by atoms with E-state index in [1.165, 1.54) is 0 Å². The van der Waals surface area contributed by atoms with Gasteiger partial charge in [0.25, 0.3) is 0 Å². The van der Waals surface area contributed by atoms with Crippen LogP contribution in [0, 0.1) is 11.3 Å². The average Bonchev–Trinajstić information content (AvgIpc) is 3.02. The Balaban J connectivity index is 1.67. The SMILES string of the molecule is CC(C)(C)CNC[C@@H](O)CC(Cc1ccccc1)C(=O)NC1c2ccccc2C[C@H]1O. The van der Waals surface area contributed by atoms with Crippen molar-refractivity contribution in [2.24, 2.45) is 11.3 Å². The van der Waals surface area contributed by atoms with Crippen molar-refractivity contribution in [3.8, 4) is 0 Å². The molecule has 31 heavy (non-hydrogen) atoms. The summed E-state index contributed by atoms with van der Waals surface area (Å²) in [7, 11) is 0. The summed E-state index contributed by atoms with van der Waals surface area (Å²) in [5.41, 5.74) is 3.25. The molecule has 2 unspecified atom stereocenters. The summed E-state index contributed by atoms with van der Waals surface area (Å²) in [6, 6.07) is 17.3. The van der Waals surface area contributed by atoms with Gasteiger partial charge >= 0.3 is 0 Å². The maximum Gasteiger partial charge on any atom is 0.224 e. The third-order valence-corrected chi connectivity index (χ3v) is 5.79. The van der Waals surface area contributed by atoms with Gasteiger partial charge in [0.05, 0.1) is 18.2 Å². The monoisotopic (exact) mass is 424 g/mol. The van der Waals surface area contributed by atoms with E-state index < -0.39 is 18.2 Å². The van der Waals surface area contributed by atoms with Crippen LogP contribution >= 0.6 is 0 Å². The summed E-state index contributed by atoms with van der Waals surface area (Å²) < 4.78 is 0. The molecule has 0 bridgehead atoms. The Morgan fingerprint density at radius 1 is 1.10 bits per heavy atom. The van der Waals surface area contributed by atoms with E-state index in [0.717, 1.165) is 23.2 Å². The first kappa shape index (κ1) is 23.5. The molecule has 2 aromatic carbocycles. The van der Waals surface area contributed by atoms with E-state index >= 15 is 0 Å². The predicted molar refractivity (Wildman–Crippen MR) is 124 cm³/mol. The lowest BCUT2D eigenvalue weighted by Gasteiger charge is -2.25. The molecule has 5 heteroatoms. The van der Waals surface area contributed by atoms with Gasteiger partial charge < -0.3 is 20.8 Å². The van der Waals surface area contributed by atoms with Crippen LogP contribution in [0.3, 0.4) is 0 Å². The van der Waals surface area contributed by atoms with Gasteiger partial charge in [0.2, 0.25) is 5.91 Å². The molecular formula is C26H36N2O3. The van der Waals surface area contributed by atoms with Crippen LogP contribution in [-0.2, 0) is 17.6 Å². The fraction of sp³-hybridized carbons (Fsp3) is 0.500. The number of nitrogens with one attached hydrogen (secondary N) is 2. The molecule has 4 atom stereocenters. The average molecular weight is 425 g/mol. The van der Waals surface area contributed by atoms with Crippen molar-refractivity contribution >= 4 is 5.91 Å². The number of hydrogen-bond acceptors (Lipinski definition) is 4. The third kappa shape index (κ3) is 6.89. The van der Waals surface area contributed by atoms with E-state index in [1.807, 2.05) is 54.6 Å². The van der Waals surface area contributed by atoms with Gasteiger partial charge in [-0.05, 0) is 34.9 Å². The molecule has 3 rings (SSSR count). The molecule has 0 aromatic heterocycles. The number of amides is 1. The lowest BCUT2D eigenvalue weighted by atomic mass is 9.91. The van der Waals surface area contributed by atoms with Crippen molar-refractivity contribution in [2.45, 2.75) is 58.3 Å². The number of aliphatic hydroxyl groups excluding tert-OH is 2. The number of hydrogen-bond donors (Lipinski definition) is 4. The Labute approximate surface area is 185 Å². The van der Waals surface area contributed by atoms with E-state index in [-0.39, 0.29) is 17.2 Å². The van der Waals surface area contributed by atoms with Crippen molar-refractivity contribution in [1.82, 2.24) is 10.6 Å². The molecular weight excluding hydrogens is 388 g/mol. The van der Waals surface area contributed by atoms with Crippen molar-refractivity contribution in [3.63, 3.8) is 0 Å². The first-order chi connectivity index (χ1) is 14.7. The zero-order valence-electron chi connectivity index (χ0n) is 18.8. The van der Waals surface area contributed by atoms with Crippen molar-refractivity contribution < 1.29 is 15.0 Å². The van der Waals surface area contributed by atoms with E-state index in [0.29, 0.717) is 25.8 Å². The number of aliphatic hydroxyl groups is 2. The summed E-state index contributed by atoms with van der Waals surface area (Å²) in [5, 5.41) is 27.5. The Morgan fingerprint density at radius 3 is 2.48 bits per heavy atom. The van der Waals surface area contributed by atoms with Gasteiger partial charge in [0.15, 0.2) is 0 Å². The molecule has 0 spiro atoms. The normalized spacial score (nSPS) is 20.2. The third-order valence-electron chi connectivity index (χ3n) is 5.79. The van der Waals surface area contributed by atoms with Crippen LogP contribution in [-0.4, -0.2) is 41.4 Å². The first-order valence-corrected chi connectivity index (χ1v) is 11.2. The number of rotatable bonds is 9. The quantitative estimate of drug-likeness (QED) is 0.499. The largest absolute Gasteiger partial charge is 0.392 e. The van der Waals surface area contributed by atoms with Crippen molar-refractivity contribution in [2.75, 3.05) is 13.1 Å². The minimum atomic E-state index is -0.628. The molecule has 0 aliphatic heterocycles. The molecule has 168 valence electrons. The lowest BCUT2D eigenvalue weighted by molar-refractivity contribution is -0.127. The summed E-state index contributed by atoms with van der Waals surface area (Å²) in [6.45, 7) is 7.67. The highest BCUT2D eigenvalue weighted by molar-refractivity contribution is 5.79. The lowest BCUT2D eigenvalue weighted by Crippen LogP contribution is -2.41. The van der Waals surface area contributed by atoms with Crippen LogP contribution in [0.4, 0.5) is 0 Å². The Kier molecular flexibility index (Phi) is 7.87. The van der Waals surface area contributed by atoms with Crippen LogP contribution in [0.5, 0.6) is 0 Å². The molecule has 5 nitrogen and oxygen atoms in total. The van der Waals surface area contributed by atoms with Gasteiger partial charge in [-0.25, -0.2) is 0 Å². The molecule has 1 aliphatic carbocycles. The molecule has 0 heterocycles. The van der Waals surface area contributed by atoms with Crippen molar-refractivity contribution in [1.29, 1.82) is 0 Å². The molecule has 2 aromatic rings. The number of carbonyl (C=O) groups is 1. The highest BCUT2D eigenvalue weighted by Crippen LogP contribution is 2.31. The second kappa shape index (κ2) is 10.4. The number of benzene rings is 2. The van der Waals surface area contributed by atoms with Gasteiger partial charge in [-0.3, -0.25) is 4.79 Å². The highest BCUT2D eigenvalue weighted by Gasteiger charge is 2.34. The summed E-state index contributed by atoms with van der Waals surface area (Å²) in [6.07, 6.45) is 0.208. The standard InChI is InChI=1S/C26H36N2O3/c1-26(2,3)17-27-16-21(29)14-20(13-18-9-5-4-6-10-18)25(31)28-24-22-12-8-7-11-19(22)15-23(24)30/h4-12,20-21,23-24,27,29-30H,13-17H2,1-3H3,(H,28,31)/t20?,21-,23+,24?/m0/s1. The summed E-state index contributed by atoms with van der Waals surface area (Å²) >= 11 is 0. The zero-order valence-corrected chi connectivity index (χ0v) is 18.8. The summed E-state index contributed by atoms with van der Waals surface area (Å²) in [4.78, 5) is 13.3. The molecule has 0 saturated carbocycles. The van der Waals surface area contributed by atoms with E-state index in [1.54, 1.807) is 0 Å². The van der Waals surface area contributed by atoms with E-state index in [9.17, 15) is 15.0 Å². The topological polar surface area (TPSA) is 81.6 Å². The Hall–Kier alpha value is -2.21. The first-order valence-electron chi connectivity index (χ1n) is 11.2. The molecule has 4 N–H and O–H groups in total. The maximum absolute atomic E-state index is 13.3. The number of fused-ring (bicyclic) bond motifs is 1.